The van der Waals surface area contributed by atoms with Crippen molar-refractivity contribution >= 4 is 16.5 Å². The number of nitrogens with zero attached hydrogens (tertiary/aromatic N) is 2. The van der Waals surface area contributed by atoms with Gasteiger partial charge in [0.1, 0.15) is 6.17 Å². The van der Waals surface area contributed by atoms with Gasteiger partial charge < -0.3 is 0 Å². The number of rotatable bonds is 3. The van der Waals surface area contributed by atoms with Gasteiger partial charge in [0.2, 0.25) is 0 Å². The summed E-state index contributed by atoms with van der Waals surface area (Å²) in [6.45, 7) is 7.97. The SMILES string of the molecule is CCN1C2C=CC=CC2=NC1c1ccc(-c2ccc3c(c2)C(C)(C)c2ccc4c(c2-3)-c2cccc3cccc-4c23)cc1. The van der Waals surface area contributed by atoms with Gasteiger partial charge in [0.25, 0.3) is 0 Å². The van der Waals surface area contributed by atoms with Crippen LogP contribution >= 0.6 is 0 Å². The molecule has 0 fully saturated rings. The third-order valence-electron chi connectivity index (χ3n) is 10.1. The van der Waals surface area contributed by atoms with E-state index >= 15 is 0 Å². The molecule has 0 bridgehead atoms. The second kappa shape index (κ2) is 8.50. The Balaban J connectivity index is 1.12. The van der Waals surface area contributed by atoms with Crippen LogP contribution in [0, 0.1) is 0 Å². The zero-order valence-corrected chi connectivity index (χ0v) is 24.2. The lowest BCUT2D eigenvalue weighted by Crippen LogP contribution is -2.35. The first-order valence-corrected chi connectivity index (χ1v) is 15.2. The highest BCUT2D eigenvalue weighted by atomic mass is 15.3. The summed E-state index contributed by atoms with van der Waals surface area (Å²) in [4.78, 5) is 7.56. The summed E-state index contributed by atoms with van der Waals surface area (Å²) in [6.07, 6.45) is 8.71. The van der Waals surface area contributed by atoms with E-state index in [-0.39, 0.29) is 17.6 Å². The van der Waals surface area contributed by atoms with E-state index in [1.807, 2.05) is 0 Å². The summed E-state index contributed by atoms with van der Waals surface area (Å²) in [5, 5.41) is 2.72. The van der Waals surface area contributed by atoms with Gasteiger partial charge in [-0.05, 0) is 90.7 Å². The molecule has 3 aliphatic carbocycles. The fourth-order valence-electron chi connectivity index (χ4n) is 8.06. The van der Waals surface area contributed by atoms with Gasteiger partial charge in [0.05, 0.1) is 11.8 Å². The molecular weight excluding hydrogens is 508 g/mol. The predicted octanol–water partition coefficient (Wildman–Crippen LogP) is 9.73. The quantitative estimate of drug-likeness (QED) is 0.218. The van der Waals surface area contributed by atoms with Gasteiger partial charge in [0, 0.05) is 5.41 Å². The van der Waals surface area contributed by atoms with Crippen molar-refractivity contribution in [3.05, 3.63) is 132 Å². The number of fused-ring (bicyclic) bond motifs is 8. The first-order valence-electron chi connectivity index (χ1n) is 15.2. The molecule has 0 saturated heterocycles. The van der Waals surface area contributed by atoms with Gasteiger partial charge >= 0.3 is 0 Å². The first-order chi connectivity index (χ1) is 20.5. The van der Waals surface area contributed by atoms with E-state index in [2.05, 4.69) is 141 Å². The van der Waals surface area contributed by atoms with Crippen LogP contribution in [-0.2, 0) is 5.41 Å². The smallest absolute Gasteiger partial charge is 0.129 e. The van der Waals surface area contributed by atoms with Crippen LogP contribution in [0.2, 0.25) is 0 Å². The van der Waals surface area contributed by atoms with Gasteiger partial charge in [0.15, 0.2) is 0 Å². The highest BCUT2D eigenvalue weighted by molar-refractivity contribution is 6.19. The van der Waals surface area contributed by atoms with Crippen molar-refractivity contribution in [2.24, 2.45) is 4.99 Å². The number of allylic oxidation sites excluding steroid dienone is 2. The standard InChI is InChI=1S/C40H32N2/c1-4-42-35-14-6-5-13-34(35)41-39(42)26-17-15-24(16-18-26)27-19-20-30-33(23-27)40(2,3)32-22-21-29-28-11-7-9-25-10-8-12-31(36(25)28)37(29)38(30)32/h5-23,35,39H,4H2,1-3H3. The van der Waals surface area contributed by atoms with Crippen molar-refractivity contribution < 1.29 is 0 Å². The second-order valence-electron chi connectivity index (χ2n) is 12.6. The molecule has 0 amide bonds. The van der Waals surface area contributed by atoms with Crippen molar-refractivity contribution in [1.29, 1.82) is 0 Å². The Morgan fingerprint density at radius 2 is 1.48 bits per heavy atom. The molecule has 2 unspecified atom stereocenters. The van der Waals surface area contributed by atoms with E-state index in [0.717, 1.165) is 6.54 Å². The Morgan fingerprint density at radius 3 is 2.29 bits per heavy atom. The van der Waals surface area contributed by atoms with Crippen molar-refractivity contribution in [3.63, 3.8) is 0 Å². The van der Waals surface area contributed by atoms with E-state index in [9.17, 15) is 0 Å². The van der Waals surface area contributed by atoms with E-state index in [1.54, 1.807) is 0 Å². The molecule has 202 valence electrons. The fourth-order valence-corrected chi connectivity index (χ4v) is 8.06. The van der Waals surface area contributed by atoms with Gasteiger partial charge in [-0.1, -0.05) is 124 Å². The summed E-state index contributed by atoms with van der Waals surface area (Å²) in [7, 11) is 0. The van der Waals surface area contributed by atoms with Crippen molar-refractivity contribution in [1.82, 2.24) is 4.90 Å². The predicted molar refractivity (Wildman–Crippen MR) is 176 cm³/mol. The third-order valence-corrected chi connectivity index (χ3v) is 10.1. The third kappa shape index (κ3) is 3.11. The van der Waals surface area contributed by atoms with E-state index in [0.29, 0.717) is 0 Å². The van der Waals surface area contributed by atoms with Crippen LogP contribution in [0.3, 0.4) is 0 Å². The van der Waals surface area contributed by atoms with Crippen LogP contribution in [0.1, 0.15) is 43.6 Å². The molecule has 0 aromatic heterocycles. The van der Waals surface area contributed by atoms with Crippen molar-refractivity contribution in [3.8, 4) is 44.5 Å². The number of hydrogen-bond acceptors (Lipinski definition) is 2. The molecule has 42 heavy (non-hydrogen) atoms. The summed E-state index contributed by atoms with van der Waals surface area (Å²) < 4.78 is 0. The number of hydrogen-bond donors (Lipinski definition) is 0. The topological polar surface area (TPSA) is 15.6 Å². The Hall–Kier alpha value is -4.53. The maximum absolute atomic E-state index is 5.09. The molecule has 2 nitrogen and oxygen atoms in total. The molecule has 1 heterocycles. The average molecular weight is 541 g/mol. The lowest BCUT2D eigenvalue weighted by molar-refractivity contribution is 0.233. The minimum atomic E-state index is -0.0722. The molecule has 5 aromatic carbocycles. The Morgan fingerprint density at radius 1 is 0.714 bits per heavy atom. The molecule has 4 aliphatic rings. The molecule has 9 rings (SSSR count). The van der Waals surface area contributed by atoms with Crippen LogP contribution in [0.15, 0.2) is 120 Å². The van der Waals surface area contributed by atoms with Crippen molar-refractivity contribution in [2.45, 2.75) is 38.4 Å². The van der Waals surface area contributed by atoms with E-state index < -0.39 is 0 Å². The molecule has 0 saturated carbocycles. The molecule has 0 N–H and O–H groups in total. The van der Waals surface area contributed by atoms with Gasteiger partial charge in [-0.25, -0.2) is 0 Å². The zero-order chi connectivity index (χ0) is 28.2. The zero-order valence-electron chi connectivity index (χ0n) is 24.2. The molecule has 2 heteroatoms. The largest absolute Gasteiger partial charge is 0.266 e. The highest BCUT2D eigenvalue weighted by Crippen LogP contribution is 2.58. The summed E-state index contributed by atoms with van der Waals surface area (Å²) >= 11 is 0. The molecule has 0 radical (unpaired) electrons. The fraction of sp³-hybridized carbons (Fsp3) is 0.175. The summed E-state index contributed by atoms with van der Waals surface area (Å²) in [5.41, 5.74) is 16.0. The van der Waals surface area contributed by atoms with Crippen LogP contribution in [-0.4, -0.2) is 23.2 Å². The number of aliphatic imine (C=N–C) groups is 1. The maximum Gasteiger partial charge on any atom is 0.129 e. The minimum Gasteiger partial charge on any atom is -0.266 e. The molecule has 0 spiro atoms. The highest BCUT2D eigenvalue weighted by Gasteiger charge is 2.40. The Kier molecular flexibility index (Phi) is 4.88. The number of benzene rings is 5. The lowest BCUT2D eigenvalue weighted by Gasteiger charge is -2.27. The summed E-state index contributed by atoms with van der Waals surface area (Å²) in [6, 6.07) is 34.8. The van der Waals surface area contributed by atoms with E-state index in [1.165, 1.54) is 77.7 Å². The normalized spacial score (nSPS) is 20.4. The van der Waals surface area contributed by atoms with Gasteiger partial charge in [-0.15, -0.1) is 0 Å². The van der Waals surface area contributed by atoms with Crippen LogP contribution < -0.4 is 0 Å². The monoisotopic (exact) mass is 540 g/mol. The molecule has 1 aliphatic heterocycles. The average Bonchev–Trinajstić information content (AvgIpc) is 3.64. The van der Waals surface area contributed by atoms with Gasteiger partial charge in [-0.2, -0.15) is 0 Å². The molecule has 5 aromatic rings. The lowest BCUT2D eigenvalue weighted by atomic mass is 9.81. The molecule has 2 atom stereocenters. The van der Waals surface area contributed by atoms with Crippen LogP contribution in [0.4, 0.5) is 0 Å². The first kappa shape index (κ1) is 24.1. The van der Waals surface area contributed by atoms with Crippen LogP contribution in [0.5, 0.6) is 0 Å². The maximum atomic E-state index is 5.09. The second-order valence-corrected chi connectivity index (χ2v) is 12.6. The minimum absolute atomic E-state index is 0.0700. The Bertz CT molecular complexity index is 2050. The molecular formula is C40H32N2. The van der Waals surface area contributed by atoms with Crippen LogP contribution in [0.25, 0.3) is 55.3 Å². The van der Waals surface area contributed by atoms with Crippen molar-refractivity contribution in [2.75, 3.05) is 6.54 Å². The summed E-state index contributed by atoms with van der Waals surface area (Å²) in [5.74, 6) is 0. The van der Waals surface area contributed by atoms with Gasteiger partial charge in [-0.3, -0.25) is 9.89 Å². The Labute approximate surface area is 247 Å². The van der Waals surface area contributed by atoms with E-state index in [4.69, 9.17) is 4.99 Å². The number of likely N-dealkylation sites (N-methyl/N-ethyl adjacent to an activating group) is 1.